The maximum atomic E-state index is 12.9. The number of piperidine rings is 1. The van der Waals surface area contributed by atoms with Gasteiger partial charge in [-0.05, 0) is 50.8 Å². The van der Waals surface area contributed by atoms with Gasteiger partial charge in [-0.25, -0.2) is 0 Å². The molecule has 0 bridgehead atoms. The SMILES string of the molecule is CC(N)C1CCCCN1C(=O)c1cccc(N2CCCC2=O)c1.Cl. The first-order chi connectivity index (χ1) is 11.1. The first-order valence-corrected chi connectivity index (χ1v) is 8.55. The van der Waals surface area contributed by atoms with Gasteiger partial charge in [-0.1, -0.05) is 6.07 Å². The lowest BCUT2D eigenvalue weighted by Crippen LogP contribution is -2.51. The third-order valence-corrected chi connectivity index (χ3v) is 4.90. The van der Waals surface area contributed by atoms with E-state index >= 15 is 0 Å². The van der Waals surface area contributed by atoms with E-state index in [1.54, 1.807) is 4.90 Å². The number of benzene rings is 1. The predicted octanol–water partition coefficient (Wildman–Crippen LogP) is 2.58. The Balaban J connectivity index is 0.00000208. The van der Waals surface area contributed by atoms with Gasteiger partial charge in [0.15, 0.2) is 0 Å². The fourth-order valence-corrected chi connectivity index (χ4v) is 3.65. The Morgan fingerprint density at radius 3 is 2.71 bits per heavy atom. The summed E-state index contributed by atoms with van der Waals surface area (Å²) in [5.74, 6) is 0.168. The second-order valence-corrected chi connectivity index (χ2v) is 6.62. The fraction of sp³-hybridized carbons (Fsp3) is 0.556. The highest BCUT2D eigenvalue weighted by molar-refractivity contribution is 5.99. The largest absolute Gasteiger partial charge is 0.334 e. The number of rotatable bonds is 3. The minimum absolute atomic E-state index is 0. The molecule has 2 saturated heterocycles. The molecular formula is C18H26ClN3O2. The number of halogens is 1. The van der Waals surface area contributed by atoms with Gasteiger partial charge in [0.2, 0.25) is 5.91 Å². The third-order valence-electron chi connectivity index (χ3n) is 4.90. The normalized spacial score (nSPS) is 22.2. The van der Waals surface area contributed by atoms with Crippen molar-refractivity contribution in [3.8, 4) is 0 Å². The Kier molecular flexibility index (Phi) is 6.24. The van der Waals surface area contributed by atoms with Crippen molar-refractivity contribution in [2.24, 2.45) is 5.73 Å². The standard InChI is InChI=1S/C18H25N3O2.ClH/c1-13(19)16-8-2-3-10-21(16)18(23)14-6-4-7-15(12-14)20-11-5-9-17(20)22;/h4,6-7,12-13,16H,2-3,5,8-11,19H2,1H3;1H. The second kappa shape index (κ2) is 7.99. The maximum Gasteiger partial charge on any atom is 0.254 e. The van der Waals surface area contributed by atoms with Crippen LogP contribution in [0, 0.1) is 0 Å². The number of carbonyl (C=O) groups is 2. The van der Waals surface area contributed by atoms with Gasteiger partial charge in [-0.15, -0.1) is 12.4 Å². The van der Waals surface area contributed by atoms with Crippen LogP contribution in [0.5, 0.6) is 0 Å². The molecule has 2 aliphatic heterocycles. The van der Waals surface area contributed by atoms with Gasteiger partial charge in [-0.2, -0.15) is 0 Å². The zero-order chi connectivity index (χ0) is 16.4. The molecule has 24 heavy (non-hydrogen) atoms. The van der Waals surface area contributed by atoms with Gasteiger partial charge in [-0.3, -0.25) is 9.59 Å². The summed E-state index contributed by atoms with van der Waals surface area (Å²) in [6.07, 6.45) is 4.60. The van der Waals surface area contributed by atoms with E-state index in [1.165, 1.54) is 0 Å². The average Bonchev–Trinajstić information content (AvgIpc) is 3.00. The van der Waals surface area contributed by atoms with Gasteiger partial charge in [0, 0.05) is 42.8 Å². The molecule has 0 aromatic heterocycles. The highest BCUT2D eigenvalue weighted by atomic mass is 35.5. The maximum absolute atomic E-state index is 12.9. The Hall–Kier alpha value is -1.59. The minimum Gasteiger partial charge on any atom is -0.334 e. The van der Waals surface area contributed by atoms with Crippen LogP contribution >= 0.6 is 12.4 Å². The molecule has 2 fully saturated rings. The Labute approximate surface area is 149 Å². The van der Waals surface area contributed by atoms with Crippen molar-refractivity contribution < 1.29 is 9.59 Å². The highest BCUT2D eigenvalue weighted by Gasteiger charge is 2.30. The number of nitrogens with two attached hydrogens (primary N) is 1. The van der Waals surface area contributed by atoms with Crippen molar-refractivity contribution in [2.45, 2.75) is 51.1 Å². The first-order valence-electron chi connectivity index (χ1n) is 8.55. The number of carbonyl (C=O) groups excluding carboxylic acids is 2. The smallest absolute Gasteiger partial charge is 0.254 e. The van der Waals surface area contributed by atoms with Gasteiger partial charge >= 0.3 is 0 Å². The van der Waals surface area contributed by atoms with E-state index in [1.807, 2.05) is 36.1 Å². The molecule has 2 heterocycles. The molecule has 2 N–H and O–H groups in total. The van der Waals surface area contributed by atoms with Gasteiger partial charge in [0.1, 0.15) is 0 Å². The lowest BCUT2D eigenvalue weighted by molar-refractivity contribution is -0.117. The summed E-state index contributed by atoms with van der Waals surface area (Å²) in [7, 11) is 0. The second-order valence-electron chi connectivity index (χ2n) is 6.62. The van der Waals surface area contributed by atoms with Crippen LogP contribution in [0.25, 0.3) is 0 Å². The quantitative estimate of drug-likeness (QED) is 0.910. The summed E-state index contributed by atoms with van der Waals surface area (Å²) in [6, 6.07) is 7.52. The summed E-state index contributed by atoms with van der Waals surface area (Å²) in [6.45, 7) is 3.47. The molecular weight excluding hydrogens is 326 g/mol. The molecule has 6 heteroatoms. The lowest BCUT2D eigenvalue weighted by atomic mass is 9.96. The van der Waals surface area contributed by atoms with Gasteiger partial charge in [0.05, 0.1) is 0 Å². The molecule has 1 aromatic carbocycles. The van der Waals surface area contributed by atoms with Crippen molar-refractivity contribution in [3.05, 3.63) is 29.8 Å². The number of hydrogen-bond donors (Lipinski definition) is 1. The molecule has 5 nitrogen and oxygen atoms in total. The first kappa shape index (κ1) is 18.7. The van der Waals surface area contributed by atoms with Crippen molar-refractivity contribution in [3.63, 3.8) is 0 Å². The lowest BCUT2D eigenvalue weighted by Gasteiger charge is -2.38. The average molecular weight is 352 g/mol. The fourth-order valence-electron chi connectivity index (χ4n) is 3.65. The van der Waals surface area contributed by atoms with Crippen LogP contribution < -0.4 is 10.6 Å². The van der Waals surface area contributed by atoms with E-state index in [0.29, 0.717) is 12.0 Å². The van der Waals surface area contributed by atoms with E-state index in [0.717, 1.165) is 44.5 Å². The van der Waals surface area contributed by atoms with E-state index in [4.69, 9.17) is 5.73 Å². The van der Waals surface area contributed by atoms with Crippen molar-refractivity contribution in [1.82, 2.24) is 4.90 Å². The molecule has 0 radical (unpaired) electrons. The van der Waals surface area contributed by atoms with Gasteiger partial charge < -0.3 is 15.5 Å². The number of likely N-dealkylation sites (tertiary alicyclic amines) is 1. The number of amides is 2. The molecule has 2 amide bonds. The third kappa shape index (κ3) is 3.73. The zero-order valence-electron chi connectivity index (χ0n) is 14.1. The summed E-state index contributed by atoms with van der Waals surface area (Å²) < 4.78 is 0. The summed E-state index contributed by atoms with van der Waals surface area (Å²) >= 11 is 0. The van der Waals surface area contributed by atoms with Crippen molar-refractivity contribution >= 4 is 29.9 Å². The molecule has 1 aromatic rings. The molecule has 0 saturated carbocycles. The van der Waals surface area contributed by atoms with Crippen LogP contribution in [0.3, 0.4) is 0 Å². The Morgan fingerprint density at radius 2 is 2.04 bits per heavy atom. The molecule has 0 spiro atoms. The van der Waals surface area contributed by atoms with Crippen LogP contribution in [0.4, 0.5) is 5.69 Å². The minimum atomic E-state index is -0.0254. The van der Waals surface area contributed by atoms with E-state index in [9.17, 15) is 9.59 Å². The monoisotopic (exact) mass is 351 g/mol. The predicted molar refractivity (Wildman–Crippen MR) is 97.6 cm³/mol. The van der Waals surface area contributed by atoms with Crippen LogP contribution in [-0.2, 0) is 4.79 Å². The van der Waals surface area contributed by atoms with Gasteiger partial charge in [0.25, 0.3) is 5.91 Å². The van der Waals surface area contributed by atoms with Crippen LogP contribution in [0.1, 0.15) is 49.4 Å². The molecule has 2 unspecified atom stereocenters. The summed E-state index contributed by atoms with van der Waals surface area (Å²) in [5.41, 5.74) is 7.55. The summed E-state index contributed by atoms with van der Waals surface area (Å²) in [5, 5.41) is 0. The van der Waals surface area contributed by atoms with Crippen molar-refractivity contribution in [2.75, 3.05) is 18.0 Å². The molecule has 0 aliphatic carbocycles. The zero-order valence-corrected chi connectivity index (χ0v) is 14.9. The Bertz CT molecular complexity index is 606. The van der Waals surface area contributed by atoms with E-state index < -0.39 is 0 Å². The number of nitrogens with zero attached hydrogens (tertiary/aromatic N) is 2. The molecule has 2 atom stereocenters. The molecule has 3 rings (SSSR count). The van der Waals surface area contributed by atoms with Crippen LogP contribution in [0.15, 0.2) is 24.3 Å². The molecule has 2 aliphatic rings. The molecule has 132 valence electrons. The van der Waals surface area contributed by atoms with Crippen LogP contribution in [-0.4, -0.2) is 41.9 Å². The summed E-state index contributed by atoms with van der Waals surface area (Å²) in [4.78, 5) is 28.5. The topological polar surface area (TPSA) is 66.6 Å². The highest BCUT2D eigenvalue weighted by Crippen LogP contribution is 2.25. The number of hydrogen-bond acceptors (Lipinski definition) is 3. The number of anilines is 1. The Morgan fingerprint density at radius 1 is 1.25 bits per heavy atom. The van der Waals surface area contributed by atoms with Crippen LogP contribution in [0.2, 0.25) is 0 Å². The van der Waals surface area contributed by atoms with E-state index in [-0.39, 0.29) is 36.3 Å². The van der Waals surface area contributed by atoms with E-state index in [2.05, 4.69) is 0 Å². The van der Waals surface area contributed by atoms with Crippen molar-refractivity contribution in [1.29, 1.82) is 0 Å².